The van der Waals surface area contributed by atoms with Gasteiger partial charge in [-0.3, -0.25) is 9.78 Å². The monoisotopic (exact) mass is 269 g/mol. The second kappa shape index (κ2) is 8.10. The molecule has 2 rings (SSSR count). The number of nitrogens with zero attached hydrogens (tertiary/aromatic N) is 1. The summed E-state index contributed by atoms with van der Waals surface area (Å²) in [6.07, 6.45) is 4.88. The summed E-state index contributed by atoms with van der Waals surface area (Å²) in [5.41, 5.74) is 2.08. The lowest BCUT2D eigenvalue weighted by atomic mass is 10.1. The van der Waals surface area contributed by atoms with E-state index in [0.717, 1.165) is 25.0 Å². The number of aryl methyl sites for hydroxylation is 1. The Morgan fingerprint density at radius 3 is 2.55 bits per heavy atom. The van der Waals surface area contributed by atoms with E-state index in [0.29, 0.717) is 6.61 Å². The molecule has 0 spiro atoms. The van der Waals surface area contributed by atoms with Crippen molar-refractivity contribution in [2.45, 2.75) is 25.7 Å². The highest BCUT2D eigenvalue weighted by molar-refractivity contribution is 5.71. The molecule has 0 amide bonds. The molecule has 0 aliphatic heterocycles. The molecule has 0 saturated carbocycles. The number of carbonyl (C=O) groups excluding carboxylic acids is 1. The van der Waals surface area contributed by atoms with Crippen molar-refractivity contribution in [3.05, 3.63) is 66.0 Å². The van der Waals surface area contributed by atoms with Crippen molar-refractivity contribution >= 4 is 5.97 Å². The normalized spacial score (nSPS) is 10.2. The van der Waals surface area contributed by atoms with Crippen LogP contribution in [-0.2, 0) is 22.4 Å². The number of carbonyl (C=O) groups is 1. The van der Waals surface area contributed by atoms with Crippen molar-refractivity contribution in [1.82, 2.24) is 4.98 Å². The van der Waals surface area contributed by atoms with Gasteiger partial charge < -0.3 is 4.74 Å². The topological polar surface area (TPSA) is 39.2 Å². The van der Waals surface area contributed by atoms with Gasteiger partial charge in [0.15, 0.2) is 0 Å². The van der Waals surface area contributed by atoms with Gasteiger partial charge in [-0.15, -0.1) is 0 Å². The lowest BCUT2D eigenvalue weighted by molar-refractivity contribution is -0.143. The summed E-state index contributed by atoms with van der Waals surface area (Å²) in [6.45, 7) is 0.485. The lowest BCUT2D eigenvalue weighted by Gasteiger charge is -2.05. The first-order valence-corrected chi connectivity index (χ1v) is 6.94. The zero-order valence-corrected chi connectivity index (χ0v) is 11.5. The number of hydrogen-bond donors (Lipinski definition) is 0. The number of ether oxygens (including phenoxy) is 1. The van der Waals surface area contributed by atoms with Crippen LogP contribution in [-0.4, -0.2) is 17.6 Å². The van der Waals surface area contributed by atoms with E-state index in [4.69, 9.17) is 4.74 Å². The van der Waals surface area contributed by atoms with Crippen molar-refractivity contribution in [2.75, 3.05) is 6.61 Å². The Kier molecular flexibility index (Phi) is 5.77. The van der Waals surface area contributed by atoms with Gasteiger partial charge in [0.1, 0.15) is 0 Å². The third-order valence-electron chi connectivity index (χ3n) is 3.02. The quantitative estimate of drug-likeness (QED) is 0.572. The van der Waals surface area contributed by atoms with Crippen LogP contribution < -0.4 is 0 Å². The average Bonchev–Trinajstić information content (AvgIpc) is 2.49. The zero-order valence-electron chi connectivity index (χ0n) is 11.5. The molecule has 0 N–H and O–H groups in total. The third kappa shape index (κ3) is 5.22. The van der Waals surface area contributed by atoms with Gasteiger partial charge in [-0.2, -0.15) is 0 Å². The van der Waals surface area contributed by atoms with Crippen LogP contribution in [0.25, 0.3) is 0 Å². The van der Waals surface area contributed by atoms with Gasteiger partial charge in [0.05, 0.1) is 18.7 Å². The maximum absolute atomic E-state index is 11.6. The summed E-state index contributed by atoms with van der Waals surface area (Å²) in [4.78, 5) is 15.7. The molecular weight excluding hydrogens is 250 g/mol. The Morgan fingerprint density at radius 2 is 1.80 bits per heavy atom. The lowest BCUT2D eigenvalue weighted by Crippen LogP contribution is -2.10. The smallest absolute Gasteiger partial charge is 0.311 e. The number of aromatic nitrogens is 1. The molecule has 0 aliphatic carbocycles. The molecular formula is C17H19NO2. The van der Waals surface area contributed by atoms with E-state index in [9.17, 15) is 4.79 Å². The maximum Gasteiger partial charge on any atom is 0.311 e. The van der Waals surface area contributed by atoms with E-state index in [2.05, 4.69) is 17.1 Å². The number of esters is 1. The van der Waals surface area contributed by atoms with E-state index in [1.54, 1.807) is 6.20 Å². The molecule has 0 atom stereocenters. The largest absolute Gasteiger partial charge is 0.465 e. The minimum atomic E-state index is -0.205. The van der Waals surface area contributed by atoms with Gasteiger partial charge >= 0.3 is 5.97 Å². The van der Waals surface area contributed by atoms with Gasteiger partial charge in [0, 0.05) is 6.20 Å². The van der Waals surface area contributed by atoms with Crippen molar-refractivity contribution in [3.8, 4) is 0 Å². The predicted molar refractivity (Wildman–Crippen MR) is 78.3 cm³/mol. The summed E-state index contributed by atoms with van der Waals surface area (Å²) in [7, 11) is 0. The molecule has 20 heavy (non-hydrogen) atoms. The number of hydrogen-bond acceptors (Lipinski definition) is 3. The highest BCUT2D eigenvalue weighted by atomic mass is 16.5. The fourth-order valence-corrected chi connectivity index (χ4v) is 1.96. The van der Waals surface area contributed by atoms with Crippen LogP contribution in [0.1, 0.15) is 24.1 Å². The van der Waals surface area contributed by atoms with E-state index < -0.39 is 0 Å². The first-order valence-electron chi connectivity index (χ1n) is 6.94. The molecule has 0 saturated heterocycles. The van der Waals surface area contributed by atoms with Crippen molar-refractivity contribution in [2.24, 2.45) is 0 Å². The molecule has 2 aromatic rings. The van der Waals surface area contributed by atoms with Crippen molar-refractivity contribution < 1.29 is 9.53 Å². The van der Waals surface area contributed by atoms with Crippen molar-refractivity contribution in [3.63, 3.8) is 0 Å². The minimum absolute atomic E-state index is 0.205. The van der Waals surface area contributed by atoms with Crippen LogP contribution in [0.2, 0.25) is 0 Å². The van der Waals surface area contributed by atoms with Crippen LogP contribution in [0.3, 0.4) is 0 Å². The Morgan fingerprint density at radius 1 is 1.00 bits per heavy atom. The van der Waals surface area contributed by atoms with Crippen molar-refractivity contribution in [1.29, 1.82) is 0 Å². The van der Waals surface area contributed by atoms with Crippen LogP contribution in [0.4, 0.5) is 0 Å². The summed E-state index contributed by atoms with van der Waals surface area (Å²) in [6, 6.07) is 15.9. The SMILES string of the molecule is O=C(Cc1ccccn1)OCCCCc1ccccc1. The first kappa shape index (κ1) is 14.3. The zero-order chi connectivity index (χ0) is 14.0. The average molecular weight is 269 g/mol. The molecule has 0 aliphatic rings. The molecule has 1 heterocycles. The molecule has 3 nitrogen and oxygen atoms in total. The standard InChI is InChI=1S/C17H19NO2/c19-17(14-16-11-4-6-12-18-16)20-13-7-5-10-15-8-2-1-3-9-15/h1-4,6,8-9,11-12H,5,7,10,13-14H2. The fraction of sp³-hybridized carbons (Fsp3) is 0.294. The van der Waals surface area contributed by atoms with Crippen LogP contribution >= 0.6 is 0 Å². The Bertz CT molecular complexity index is 511. The van der Waals surface area contributed by atoms with Crippen LogP contribution in [0.15, 0.2) is 54.7 Å². The molecule has 3 heteroatoms. The van der Waals surface area contributed by atoms with E-state index in [1.807, 2.05) is 36.4 Å². The fourth-order valence-electron chi connectivity index (χ4n) is 1.96. The minimum Gasteiger partial charge on any atom is -0.465 e. The van der Waals surface area contributed by atoms with Gasteiger partial charge in [0.25, 0.3) is 0 Å². The number of pyridine rings is 1. The molecule has 0 unspecified atom stereocenters. The Labute approximate surface area is 119 Å². The molecule has 0 bridgehead atoms. The van der Waals surface area contributed by atoms with E-state index >= 15 is 0 Å². The van der Waals surface area contributed by atoms with E-state index in [1.165, 1.54) is 5.56 Å². The van der Waals surface area contributed by atoms with Crippen LogP contribution in [0.5, 0.6) is 0 Å². The molecule has 1 aromatic carbocycles. The van der Waals surface area contributed by atoms with Crippen LogP contribution in [0, 0.1) is 0 Å². The van der Waals surface area contributed by atoms with Gasteiger partial charge in [-0.1, -0.05) is 36.4 Å². The Hall–Kier alpha value is -2.16. The summed E-state index contributed by atoms with van der Waals surface area (Å²) < 4.78 is 5.20. The summed E-state index contributed by atoms with van der Waals surface area (Å²) in [5, 5.41) is 0. The second-order valence-corrected chi connectivity index (χ2v) is 4.66. The molecule has 104 valence electrons. The summed E-state index contributed by atoms with van der Waals surface area (Å²) >= 11 is 0. The molecule has 0 fully saturated rings. The highest BCUT2D eigenvalue weighted by Crippen LogP contribution is 2.05. The predicted octanol–water partition coefficient (Wildman–Crippen LogP) is 3.19. The summed E-state index contributed by atoms with van der Waals surface area (Å²) in [5.74, 6) is -0.205. The second-order valence-electron chi connectivity index (χ2n) is 4.66. The highest BCUT2D eigenvalue weighted by Gasteiger charge is 2.04. The van der Waals surface area contributed by atoms with Gasteiger partial charge in [0.2, 0.25) is 0 Å². The van der Waals surface area contributed by atoms with Gasteiger partial charge in [-0.05, 0) is 37.0 Å². The Balaban J connectivity index is 1.58. The molecule has 0 radical (unpaired) electrons. The van der Waals surface area contributed by atoms with Gasteiger partial charge in [-0.25, -0.2) is 0 Å². The maximum atomic E-state index is 11.6. The molecule has 1 aromatic heterocycles. The number of unbranched alkanes of at least 4 members (excludes halogenated alkanes) is 1. The van der Waals surface area contributed by atoms with E-state index in [-0.39, 0.29) is 12.4 Å². The third-order valence-corrected chi connectivity index (χ3v) is 3.02. The number of benzene rings is 1. The number of rotatable bonds is 7. The first-order chi connectivity index (χ1) is 9.84.